The van der Waals surface area contributed by atoms with Crippen LogP contribution in [0.2, 0.25) is 5.02 Å². The van der Waals surface area contributed by atoms with E-state index >= 15 is 0 Å². The molecule has 0 aliphatic carbocycles. The fraction of sp³-hybridized carbons (Fsp3) is 0.0455. The number of thioether (sulfide) groups is 1. The number of rotatable bonds is 7. The standard InChI is InChI=1S/C22H16ClN5O3S/c23-16-12-10-15(11-13-16)21-25-26-22(27(21)17-6-2-1-3-7-17)32-14-20(29)24-18-8-4-5-9-19(18)28(30)31/h1-13H,14H2,(H,24,29). The van der Waals surface area contributed by atoms with Gasteiger partial charge in [-0.05, 0) is 42.5 Å². The summed E-state index contributed by atoms with van der Waals surface area (Å²) in [6.07, 6.45) is 0. The van der Waals surface area contributed by atoms with Crippen molar-refractivity contribution >= 4 is 40.6 Å². The van der Waals surface area contributed by atoms with E-state index in [2.05, 4.69) is 15.5 Å². The quantitative estimate of drug-likeness (QED) is 0.228. The van der Waals surface area contributed by atoms with E-state index in [0.717, 1.165) is 11.3 Å². The van der Waals surface area contributed by atoms with E-state index in [9.17, 15) is 14.9 Å². The van der Waals surface area contributed by atoms with E-state index in [1.807, 2.05) is 47.0 Å². The summed E-state index contributed by atoms with van der Waals surface area (Å²) < 4.78 is 1.85. The molecule has 1 aromatic heterocycles. The molecule has 8 nitrogen and oxygen atoms in total. The molecule has 10 heteroatoms. The highest BCUT2D eigenvalue weighted by atomic mass is 35.5. The second kappa shape index (κ2) is 9.63. The van der Waals surface area contributed by atoms with Crippen LogP contribution in [0.1, 0.15) is 0 Å². The Morgan fingerprint density at radius 3 is 2.41 bits per heavy atom. The van der Waals surface area contributed by atoms with Gasteiger partial charge in [-0.15, -0.1) is 10.2 Å². The number of nitro benzene ring substituents is 1. The first-order valence-electron chi connectivity index (χ1n) is 9.46. The summed E-state index contributed by atoms with van der Waals surface area (Å²) in [6.45, 7) is 0. The van der Waals surface area contributed by atoms with Crippen LogP contribution in [0.4, 0.5) is 11.4 Å². The van der Waals surface area contributed by atoms with Crippen molar-refractivity contribution in [2.75, 3.05) is 11.1 Å². The van der Waals surface area contributed by atoms with E-state index in [4.69, 9.17) is 11.6 Å². The van der Waals surface area contributed by atoms with Gasteiger partial charge in [0, 0.05) is 22.3 Å². The van der Waals surface area contributed by atoms with Crippen LogP contribution in [0.25, 0.3) is 17.1 Å². The van der Waals surface area contributed by atoms with Crippen LogP contribution in [-0.2, 0) is 4.79 Å². The average Bonchev–Trinajstić information content (AvgIpc) is 3.23. The van der Waals surface area contributed by atoms with Gasteiger partial charge in [0.15, 0.2) is 11.0 Å². The Morgan fingerprint density at radius 2 is 1.69 bits per heavy atom. The fourth-order valence-corrected chi connectivity index (χ4v) is 3.89. The van der Waals surface area contributed by atoms with Gasteiger partial charge in [-0.1, -0.05) is 53.7 Å². The Labute approximate surface area is 192 Å². The predicted molar refractivity (Wildman–Crippen MR) is 124 cm³/mol. The molecule has 0 unspecified atom stereocenters. The SMILES string of the molecule is O=C(CSc1nnc(-c2ccc(Cl)cc2)n1-c1ccccc1)Nc1ccccc1[N+](=O)[O-]. The van der Waals surface area contributed by atoms with Crippen LogP contribution in [0.3, 0.4) is 0 Å². The number of hydrogen-bond donors (Lipinski definition) is 1. The predicted octanol–water partition coefficient (Wildman–Crippen LogP) is 5.23. The maximum atomic E-state index is 12.5. The number of amides is 1. The number of carbonyl (C=O) groups excluding carboxylic acids is 1. The minimum absolute atomic E-state index is 0.00235. The molecule has 4 aromatic rings. The molecule has 0 bridgehead atoms. The van der Waals surface area contributed by atoms with Crippen molar-refractivity contribution in [2.45, 2.75) is 5.16 Å². The topological polar surface area (TPSA) is 103 Å². The van der Waals surface area contributed by atoms with Crippen molar-refractivity contribution in [3.05, 3.63) is 94.0 Å². The molecule has 0 fully saturated rings. The first-order valence-corrected chi connectivity index (χ1v) is 10.8. The van der Waals surface area contributed by atoms with Crippen molar-refractivity contribution in [1.29, 1.82) is 0 Å². The summed E-state index contributed by atoms with van der Waals surface area (Å²) in [5.41, 5.74) is 1.64. The van der Waals surface area contributed by atoms with Gasteiger partial charge < -0.3 is 5.32 Å². The zero-order valence-electron chi connectivity index (χ0n) is 16.5. The number of hydrogen-bond acceptors (Lipinski definition) is 6. The highest BCUT2D eigenvalue weighted by Gasteiger charge is 2.19. The minimum atomic E-state index is -0.535. The van der Waals surface area contributed by atoms with Crippen molar-refractivity contribution in [3.63, 3.8) is 0 Å². The van der Waals surface area contributed by atoms with Gasteiger partial charge >= 0.3 is 0 Å². The number of carbonyl (C=O) groups is 1. The maximum absolute atomic E-state index is 12.5. The highest BCUT2D eigenvalue weighted by Crippen LogP contribution is 2.29. The van der Waals surface area contributed by atoms with E-state index in [-0.39, 0.29) is 23.0 Å². The summed E-state index contributed by atoms with van der Waals surface area (Å²) in [7, 11) is 0. The third-order valence-electron chi connectivity index (χ3n) is 4.46. The van der Waals surface area contributed by atoms with Gasteiger partial charge in [-0.3, -0.25) is 19.5 Å². The Hall–Kier alpha value is -3.69. The molecule has 0 aliphatic rings. The van der Waals surface area contributed by atoms with Crippen LogP contribution >= 0.6 is 23.4 Å². The second-order valence-electron chi connectivity index (χ2n) is 6.60. The summed E-state index contributed by atoms with van der Waals surface area (Å²) in [6, 6.07) is 22.8. The van der Waals surface area contributed by atoms with Gasteiger partial charge in [0.05, 0.1) is 10.7 Å². The largest absolute Gasteiger partial charge is 0.320 e. The molecular formula is C22H16ClN5O3S. The molecule has 1 heterocycles. The first kappa shape index (κ1) is 21.5. The molecule has 0 saturated heterocycles. The molecule has 160 valence electrons. The lowest BCUT2D eigenvalue weighted by molar-refractivity contribution is -0.383. The molecule has 1 N–H and O–H groups in total. The van der Waals surface area contributed by atoms with Crippen molar-refractivity contribution in [3.8, 4) is 17.1 Å². The zero-order valence-corrected chi connectivity index (χ0v) is 18.1. The molecule has 0 saturated carbocycles. The summed E-state index contributed by atoms with van der Waals surface area (Å²) in [4.78, 5) is 23.1. The zero-order chi connectivity index (χ0) is 22.5. The lowest BCUT2D eigenvalue weighted by atomic mass is 10.2. The third-order valence-corrected chi connectivity index (χ3v) is 5.64. The van der Waals surface area contributed by atoms with E-state index in [1.54, 1.807) is 24.3 Å². The Morgan fingerprint density at radius 1 is 1.00 bits per heavy atom. The Kier molecular flexibility index (Phi) is 6.48. The lowest BCUT2D eigenvalue weighted by Gasteiger charge is -2.10. The average molecular weight is 466 g/mol. The normalized spacial score (nSPS) is 10.7. The van der Waals surface area contributed by atoms with Gasteiger partial charge in [-0.2, -0.15) is 0 Å². The van der Waals surface area contributed by atoms with Crippen LogP contribution in [0.15, 0.2) is 84.0 Å². The summed E-state index contributed by atoms with van der Waals surface area (Å²) >= 11 is 7.19. The van der Waals surface area contributed by atoms with Crippen molar-refractivity contribution < 1.29 is 9.72 Å². The van der Waals surface area contributed by atoms with Crippen LogP contribution < -0.4 is 5.32 Å². The van der Waals surface area contributed by atoms with Crippen LogP contribution in [0, 0.1) is 10.1 Å². The summed E-state index contributed by atoms with van der Waals surface area (Å²) in [5, 5.41) is 23.5. The number of anilines is 1. The number of aromatic nitrogens is 3. The Bertz CT molecular complexity index is 1260. The Balaban J connectivity index is 1.58. The monoisotopic (exact) mass is 465 g/mol. The number of halogens is 1. The molecule has 0 radical (unpaired) electrons. The molecular weight excluding hydrogens is 450 g/mol. The number of nitrogens with one attached hydrogen (secondary N) is 1. The van der Waals surface area contributed by atoms with Gasteiger partial charge in [0.25, 0.3) is 5.69 Å². The van der Waals surface area contributed by atoms with Crippen molar-refractivity contribution in [1.82, 2.24) is 14.8 Å². The number of nitrogens with zero attached hydrogens (tertiary/aromatic N) is 4. The van der Waals surface area contributed by atoms with Crippen molar-refractivity contribution in [2.24, 2.45) is 0 Å². The van der Waals surface area contributed by atoms with Crippen LogP contribution in [-0.4, -0.2) is 31.3 Å². The number of benzene rings is 3. The molecule has 32 heavy (non-hydrogen) atoms. The second-order valence-corrected chi connectivity index (χ2v) is 7.97. The molecule has 0 spiro atoms. The third kappa shape index (κ3) is 4.79. The van der Waals surface area contributed by atoms with E-state index < -0.39 is 4.92 Å². The molecule has 0 aliphatic heterocycles. The fourth-order valence-electron chi connectivity index (χ4n) is 3.01. The highest BCUT2D eigenvalue weighted by molar-refractivity contribution is 7.99. The minimum Gasteiger partial charge on any atom is -0.320 e. The van der Waals surface area contributed by atoms with Gasteiger partial charge in [0.2, 0.25) is 5.91 Å². The first-order chi connectivity index (χ1) is 15.5. The van der Waals surface area contributed by atoms with E-state index in [0.29, 0.717) is 16.0 Å². The molecule has 3 aromatic carbocycles. The molecule has 0 atom stereocenters. The van der Waals surface area contributed by atoms with Gasteiger partial charge in [0.1, 0.15) is 5.69 Å². The maximum Gasteiger partial charge on any atom is 0.292 e. The smallest absolute Gasteiger partial charge is 0.292 e. The molecule has 4 rings (SSSR count). The number of nitro groups is 1. The molecule has 1 amide bonds. The van der Waals surface area contributed by atoms with Gasteiger partial charge in [-0.25, -0.2) is 0 Å². The van der Waals surface area contributed by atoms with E-state index in [1.165, 1.54) is 23.9 Å². The summed E-state index contributed by atoms with van der Waals surface area (Å²) in [5.74, 6) is 0.215. The lowest BCUT2D eigenvalue weighted by Crippen LogP contribution is -2.15. The van der Waals surface area contributed by atoms with Crippen LogP contribution in [0.5, 0.6) is 0 Å². The number of para-hydroxylation sites is 3.